The summed E-state index contributed by atoms with van der Waals surface area (Å²) in [5.41, 5.74) is 1.06. The van der Waals surface area contributed by atoms with Crippen LogP contribution in [0.2, 0.25) is 10.0 Å². The number of nitrogens with zero attached hydrogens (tertiary/aromatic N) is 1. The predicted molar refractivity (Wildman–Crippen MR) is 166 cm³/mol. The van der Waals surface area contributed by atoms with Crippen LogP contribution in [0.5, 0.6) is 5.75 Å². The third-order valence-electron chi connectivity index (χ3n) is 6.88. The van der Waals surface area contributed by atoms with E-state index in [1.807, 2.05) is 66.7 Å². The number of hydrogen-bond donors (Lipinski definition) is 2. The zero-order valence-corrected chi connectivity index (χ0v) is 24.7. The number of aliphatic hydroxyl groups excluding tert-OH is 1. The van der Waals surface area contributed by atoms with Crippen LogP contribution in [0.25, 0.3) is 6.08 Å². The molecule has 1 amide bonds. The second-order valence-electron chi connectivity index (χ2n) is 9.94. The summed E-state index contributed by atoms with van der Waals surface area (Å²) >= 11 is 12.9. The van der Waals surface area contributed by atoms with Crippen LogP contribution in [0.4, 0.5) is 0 Å². The van der Waals surface area contributed by atoms with Gasteiger partial charge in [0.05, 0.1) is 6.61 Å². The van der Waals surface area contributed by atoms with Gasteiger partial charge in [0.1, 0.15) is 5.75 Å². The standard InChI is InChI=1S/C33H36Cl2N2O4/c1-2-3-7-20-36-32(39)33(19-8-12-24-10-5-4-6-11-24)30(28-18-15-26(34)23-29(28)35)41-31(37-33)25-13-16-27(17-14-25)40-22-9-21-38/h4-6,8,10-18,23,30,38H,2-3,7,9,19-22H2,1H3,(H,36,39)/b12-8+/t30-,33-/m1/s1. The molecule has 0 saturated heterocycles. The van der Waals surface area contributed by atoms with Crippen LogP contribution in [-0.4, -0.2) is 42.2 Å². The number of amides is 1. The van der Waals surface area contributed by atoms with E-state index in [1.54, 1.807) is 18.2 Å². The number of carbonyl (C=O) groups excluding carboxylic acids is 1. The molecule has 3 aromatic rings. The summed E-state index contributed by atoms with van der Waals surface area (Å²) in [6, 6.07) is 22.5. The molecule has 1 heterocycles. The summed E-state index contributed by atoms with van der Waals surface area (Å²) < 4.78 is 12.2. The van der Waals surface area contributed by atoms with E-state index in [1.165, 1.54) is 0 Å². The molecular weight excluding hydrogens is 559 g/mol. The van der Waals surface area contributed by atoms with E-state index in [4.69, 9.17) is 42.8 Å². The molecule has 8 heteroatoms. The summed E-state index contributed by atoms with van der Waals surface area (Å²) in [5, 5.41) is 13.0. The van der Waals surface area contributed by atoms with E-state index < -0.39 is 11.6 Å². The number of aliphatic hydroxyl groups is 1. The van der Waals surface area contributed by atoms with Crippen molar-refractivity contribution >= 4 is 41.1 Å². The minimum absolute atomic E-state index is 0.0681. The Balaban J connectivity index is 1.73. The van der Waals surface area contributed by atoms with Crippen molar-refractivity contribution in [3.05, 3.63) is 106 Å². The van der Waals surface area contributed by atoms with Gasteiger partial charge in [-0.15, -0.1) is 0 Å². The molecule has 0 saturated carbocycles. The topological polar surface area (TPSA) is 80.2 Å². The Morgan fingerprint density at radius 1 is 1.07 bits per heavy atom. The summed E-state index contributed by atoms with van der Waals surface area (Å²) in [7, 11) is 0. The fraction of sp³-hybridized carbons (Fsp3) is 0.333. The zero-order valence-electron chi connectivity index (χ0n) is 23.2. The lowest BCUT2D eigenvalue weighted by Gasteiger charge is -2.30. The molecule has 2 N–H and O–H groups in total. The van der Waals surface area contributed by atoms with Gasteiger partial charge >= 0.3 is 0 Å². The van der Waals surface area contributed by atoms with Crippen LogP contribution in [-0.2, 0) is 9.53 Å². The monoisotopic (exact) mass is 594 g/mol. The van der Waals surface area contributed by atoms with E-state index >= 15 is 0 Å². The van der Waals surface area contributed by atoms with Crippen LogP contribution >= 0.6 is 23.2 Å². The summed E-state index contributed by atoms with van der Waals surface area (Å²) in [5.74, 6) is 0.796. The molecule has 0 aromatic heterocycles. The maximum Gasteiger partial charge on any atom is 0.252 e. The van der Waals surface area contributed by atoms with Gasteiger partial charge in [-0.3, -0.25) is 4.79 Å². The van der Waals surface area contributed by atoms with Gasteiger partial charge in [0.15, 0.2) is 11.6 Å². The average molecular weight is 596 g/mol. The molecule has 1 aliphatic rings. The first-order chi connectivity index (χ1) is 20.0. The molecule has 2 atom stereocenters. The molecule has 0 bridgehead atoms. The van der Waals surface area contributed by atoms with Gasteiger partial charge in [-0.25, -0.2) is 4.99 Å². The first kappa shape index (κ1) is 30.6. The molecule has 216 valence electrons. The Morgan fingerprint density at radius 3 is 2.56 bits per heavy atom. The van der Waals surface area contributed by atoms with Crippen molar-refractivity contribution in [3.63, 3.8) is 0 Å². The Bertz CT molecular complexity index is 1350. The van der Waals surface area contributed by atoms with E-state index in [9.17, 15) is 4.79 Å². The SMILES string of the molecule is CCCCCNC(=O)[C@]1(C/C=C/c2ccccc2)N=C(c2ccc(OCCCO)cc2)O[C@@H]1c1ccc(Cl)cc1Cl. The van der Waals surface area contributed by atoms with Crippen molar-refractivity contribution < 1.29 is 19.4 Å². The van der Waals surface area contributed by atoms with Crippen LogP contribution in [0.1, 0.15) is 61.8 Å². The fourth-order valence-corrected chi connectivity index (χ4v) is 5.18. The van der Waals surface area contributed by atoms with Crippen molar-refractivity contribution in [1.29, 1.82) is 0 Å². The molecule has 4 rings (SSSR count). The molecule has 6 nitrogen and oxygen atoms in total. The van der Waals surface area contributed by atoms with Crippen LogP contribution < -0.4 is 10.1 Å². The van der Waals surface area contributed by atoms with E-state index in [-0.39, 0.29) is 18.9 Å². The number of halogens is 2. The maximum atomic E-state index is 14.1. The third-order valence-corrected chi connectivity index (χ3v) is 7.44. The highest BCUT2D eigenvalue weighted by Crippen LogP contribution is 2.45. The first-order valence-electron chi connectivity index (χ1n) is 14.0. The molecule has 0 unspecified atom stereocenters. The van der Waals surface area contributed by atoms with E-state index in [2.05, 4.69) is 12.2 Å². The van der Waals surface area contributed by atoms with E-state index in [0.717, 1.165) is 24.8 Å². The average Bonchev–Trinajstić information content (AvgIpc) is 3.36. The number of carbonyl (C=O) groups is 1. The van der Waals surface area contributed by atoms with Crippen molar-refractivity contribution in [2.24, 2.45) is 4.99 Å². The van der Waals surface area contributed by atoms with Crippen molar-refractivity contribution in [1.82, 2.24) is 5.32 Å². The Hall–Kier alpha value is -3.32. The quantitative estimate of drug-likeness (QED) is 0.190. The lowest BCUT2D eigenvalue weighted by molar-refractivity contribution is -0.128. The molecule has 0 radical (unpaired) electrons. The number of hydrogen-bond acceptors (Lipinski definition) is 5. The van der Waals surface area contributed by atoms with Crippen LogP contribution in [0.3, 0.4) is 0 Å². The van der Waals surface area contributed by atoms with Gasteiger partial charge in [0.2, 0.25) is 5.90 Å². The Morgan fingerprint density at radius 2 is 1.85 bits per heavy atom. The smallest absolute Gasteiger partial charge is 0.252 e. The van der Waals surface area contributed by atoms with Crippen molar-refractivity contribution in [2.75, 3.05) is 19.8 Å². The molecule has 0 spiro atoms. The molecular formula is C33H36Cl2N2O4. The number of unbranched alkanes of at least 4 members (excludes halogenated alkanes) is 2. The number of nitrogens with one attached hydrogen (secondary N) is 1. The van der Waals surface area contributed by atoms with Gasteiger partial charge in [0.25, 0.3) is 5.91 Å². The summed E-state index contributed by atoms with van der Waals surface area (Å²) in [6.45, 7) is 3.15. The zero-order chi connectivity index (χ0) is 29.1. The van der Waals surface area contributed by atoms with Crippen molar-refractivity contribution in [3.8, 4) is 5.75 Å². The second-order valence-corrected chi connectivity index (χ2v) is 10.8. The van der Waals surface area contributed by atoms with Crippen molar-refractivity contribution in [2.45, 2.75) is 50.7 Å². The largest absolute Gasteiger partial charge is 0.494 e. The highest BCUT2D eigenvalue weighted by atomic mass is 35.5. The number of benzene rings is 3. The lowest BCUT2D eigenvalue weighted by atomic mass is 9.84. The summed E-state index contributed by atoms with van der Waals surface area (Å²) in [6.07, 6.45) is 6.95. The molecule has 0 fully saturated rings. The van der Waals surface area contributed by atoms with Gasteiger partial charge in [-0.2, -0.15) is 0 Å². The number of rotatable bonds is 14. The van der Waals surface area contributed by atoms with E-state index in [0.29, 0.717) is 52.4 Å². The Kier molecular flexibility index (Phi) is 11.3. The fourth-order valence-electron chi connectivity index (χ4n) is 4.68. The summed E-state index contributed by atoms with van der Waals surface area (Å²) in [4.78, 5) is 19.1. The second kappa shape index (κ2) is 15.1. The van der Waals surface area contributed by atoms with Crippen LogP contribution in [0.15, 0.2) is 83.9 Å². The molecule has 0 aliphatic carbocycles. The highest BCUT2D eigenvalue weighted by molar-refractivity contribution is 6.35. The molecule has 1 aliphatic heterocycles. The van der Waals surface area contributed by atoms with Gasteiger partial charge < -0.3 is 19.9 Å². The number of aliphatic imine (C=N–C) groups is 1. The maximum absolute atomic E-state index is 14.1. The van der Waals surface area contributed by atoms with Gasteiger partial charge in [0, 0.05) is 47.2 Å². The molecule has 41 heavy (non-hydrogen) atoms. The third kappa shape index (κ3) is 7.91. The highest BCUT2D eigenvalue weighted by Gasteiger charge is 2.53. The van der Waals surface area contributed by atoms with Crippen LogP contribution in [0, 0.1) is 0 Å². The van der Waals surface area contributed by atoms with Gasteiger partial charge in [-0.05, 0) is 48.4 Å². The number of ether oxygens (including phenoxy) is 2. The Labute approximate surface area is 252 Å². The minimum Gasteiger partial charge on any atom is -0.494 e. The lowest BCUT2D eigenvalue weighted by Crippen LogP contribution is -2.48. The minimum atomic E-state index is -1.30. The molecule has 3 aromatic carbocycles. The predicted octanol–water partition coefficient (Wildman–Crippen LogP) is 7.42. The first-order valence-corrected chi connectivity index (χ1v) is 14.8. The normalized spacial score (nSPS) is 18.2. The van der Waals surface area contributed by atoms with Gasteiger partial charge in [-0.1, -0.05) is 91.5 Å².